The normalized spacial score (nSPS) is 24.8. The van der Waals surface area contributed by atoms with E-state index < -0.39 is 0 Å². The minimum Gasteiger partial charge on any atom is -0.368 e. The van der Waals surface area contributed by atoms with Crippen LogP contribution in [0.3, 0.4) is 0 Å². The first-order chi connectivity index (χ1) is 9.52. The fourth-order valence-corrected chi connectivity index (χ4v) is 3.48. The summed E-state index contributed by atoms with van der Waals surface area (Å²) in [5.41, 5.74) is 1.88. The number of nitrogens with one attached hydrogen (secondary N) is 1. The first-order valence-corrected chi connectivity index (χ1v) is 7.79. The SMILES string of the molecule is CCNC(C)c1cccc(F)c1N1CC(C)CC(C)C1. The van der Waals surface area contributed by atoms with Crippen LogP contribution in [0.5, 0.6) is 0 Å². The highest BCUT2D eigenvalue weighted by Crippen LogP contribution is 2.33. The number of para-hydroxylation sites is 1. The van der Waals surface area contributed by atoms with E-state index in [-0.39, 0.29) is 11.9 Å². The molecule has 1 aliphatic heterocycles. The lowest BCUT2D eigenvalue weighted by molar-refractivity contribution is 0.353. The fourth-order valence-electron chi connectivity index (χ4n) is 3.48. The number of benzene rings is 1. The Bertz CT molecular complexity index is 437. The lowest BCUT2D eigenvalue weighted by Crippen LogP contribution is -2.40. The highest BCUT2D eigenvalue weighted by molar-refractivity contribution is 5.56. The minimum atomic E-state index is -0.0893. The molecule has 0 spiro atoms. The Hall–Kier alpha value is -1.09. The van der Waals surface area contributed by atoms with E-state index in [1.807, 2.05) is 6.07 Å². The van der Waals surface area contributed by atoms with E-state index in [0.717, 1.165) is 30.9 Å². The van der Waals surface area contributed by atoms with Crippen molar-refractivity contribution in [3.63, 3.8) is 0 Å². The van der Waals surface area contributed by atoms with Crippen LogP contribution in [-0.2, 0) is 0 Å². The molecule has 0 aliphatic carbocycles. The summed E-state index contributed by atoms with van der Waals surface area (Å²) in [7, 11) is 0. The maximum Gasteiger partial charge on any atom is 0.146 e. The van der Waals surface area contributed by atoms with Crippen molar-refractivity contribution in [1.82, 2.24) is 5.32 Å². The van der Waals surface area contributed by atoms with Gasteiger partial charge in [0.15, 0.2) is 0 Å². The molecule has 1 saturated heterocycles. The van der Waals surface area contributed by atoms with Gasteiger partial charge in [0.2, 0.25) is 0 Å². The molecule has 0 bridgehead atoms. The third-order valence-corrected chi connectivity index (χ3v) is 4.18. The van der Waals surface area contributed by atoms with E-state index in [1.54, 1.807) is 6.07 Å². The Labute approximate surface area is 122 Å². The number of halogens is 1. The third kappa shape index (κ3) is 3.32. The zero-order valence-corrected chi connectivity index (χ0v) is 13.1. The molecular formula is C17H27FN2. The van der Waals surface area contributed by atoms with Crippen LogP contribution < -0.4 is 10.2 Å². The Morgan fingerprint density at radius 3 is 2.55 bits per heavy atom. The molecule has 1 aliphatic rings. The second kappa shape index (κ2) is 6.57. The maximum absolute atomic E-state index is 14.4. The van der Waals surface area contributed by atoms with Crippen LogP contribution >= 0.6 is 0 Å². The number of rotatable bonds is 4. The molecule has 1 N–H and O–H groups in total. The van der Waals surface area contributed by atoms with Gasteiger partial charge in [0.05, 0.1) is 5.69 Å². The largest absolute Gasteiger partial charge is 0.368 e. The molecule has 3 atom stereocenters. The number of hydrogen-bond donors (Lipinski definition) is 1. The van der Waals surface area contributed by atoms with Gasteiger partial charge in [-0.15, -0.1) is 0 Å². The highest BCUT2D eigenvalue weighted by Gasteiger charge is 2.26. The first-order valence-electron chi connectivity index (χ1n) is 7.79. The predicted octanol–water partition coefficient (Wildman–Crippen LogP) is 3.98. The van der Waals surface area contributed by atoms with E-state index in [2.05, 4.69) is 44.0 Å². The van der Waals surface area contributed by atoms with Crippen molar-refractivity contribution in [2.75, 3.05) is 24.5 Å². The highest BCUT2D eigenvalue weighted by atomic mass is 19.1. The molecule has 1 aromatic carbocycles. The Morgan fingerprint density at radius 2 is 1.95 bits per heavy atom. The third-order valence-electron chi connectivity index (χ3n) is 4.18. The first kappa shape index (κ1) is 15.3. The van der Waals surface area contributed by atoms with Crippen molar-refractivity contribution in [1.29, 1.82) is 0 Å². The summed E-state index contributed by atoms with van der Waals surface area (Å²) in [5.74, 6) is 1.16. The number of anilines is 1. The standard InChI is InChI=1S/C17H27FN2/c1-5-19-14(4)15-7-6-8-16(18)17(15)20-10-12(2)9-13(3)11-20/h6-8,12-14,19H,5,9-11H2,1-4H3. The average molecular weight is 278 g/mol. The number of nitrogens with zero attached hydrogens (tertiary/aromatic N) is 1. The van der Waals surface area contributed by atoms with Gasteiger partial charge >= 0.3 is 0 Å². The molecule has 1 aromatic rings. The zero-order chi connectivity index (χ0) is 14.7. The zero-order valence-electron chi connectivity index (χ0n) is 13.1. The van der Waals surface area contributed by atoms with Gasteiger partial charge in [0, 0.05) is 19.1 Å². The van der Waals surface area contributed by atoms with Crippen LogP contribution in [0.25, 0.3) is 0 Å². The van der Waals surface area contributed by atoms with E-state index in [0.29, 0.717) is 11.8 Å². The molecule has 20 heavy (non-hydrogen) atoms. The summed E-state index contributed by atoms with van der Waals surface area (Å²) in [4.78, 5) is 2.25. The quantitative estimate of drug-likeness (QED) is 0.896. The minimum absolute atomic E-state index is 0.0893. The van der Waals surface area contributed by atoms with E-state index in [9.17, 15) is 4.39 Å². The van der Waals surface area contributed by atoms with Crippen LogP contribution in [0, 0.1) is 17.7 Å². The molecule has 2 rings (SSSR count). The Morgan fingerprint density at radius 1 is 1.30 bits per heavy atom. The predicted molar refractivity (Wildman–Crippen MR) is 83.6 cm³/mol. The molecular weight excluding hydrogens is 251 g/mol. The van der Waals surface area contributed by atoms with Crippen LogP contribution in [0.2, 0.25) is 0 Å². The molecule has 0 aromatic heterocycles. The van der Waals surface area contributed by atoms with Gasteiger partial charge < -0.3 is 10.2 Å². The maximum atomic E-state index is 14.4. The van der Waals surface area contributed by atoms with Crippen molar-refractivity contribution in [3.8, 4) is 0 Å². The molecule has 0 radical (unpaired) electrons. The van der Waals surface area contributed by atoms with E-state index in [4.69, 9.17) is 0 Å². The molecule has 0 amide bonds. The Balaban J connectivity index is 2.34. The van der Waals surface area contributed by atoms with Crippen molar-refractivity contribution in [2.45, 2.75) is 40.2 Å². The summed E-state index contributed by atoms with van der Waals surface area (Å²) in [6.45, 7) is 11.5. The molecule has 1 fully saturated rings. The summed E-state index contributed by atoms with van der Waals surface area (Å²) >= 11 is 0. The second-order valence-corrected chi connectivity index (χ2v) is 6.31. The summed E-state index contributed by atoms with van der Waals surface area (Å²) in [6.07, 6.45) is 1.24. The smallest absolute Gasteiger partial charge is 0.146 e. The van der Waals surface area contributed by atoms with Gasteiger partial charge in [-0.2, -0.15) is 0 Å². The van der Waals surface area contributed by atoms with Gasteiger partial charge in [0.25, 0.3) is 0 Å². The second-order valence-electron chi connectivity index (χ2n) is 6.31. The van der Waals surface area contributed by atoms with Crippen molar-refractivity contribution < 1.29 is 4.39 Å². The fraction of sp³-hybridized carbons (Fsp3) is 0.647. The Kier molecular flexibility index (Phi) is 5.03. The number of hydrogen-bond acceptors (Lipinski definition) is 2. The van der Waals surface area contributed by atoms with Crippen molar-refractivity contribution in [3.05, 3.63) is 29.6 Å². The van der Waals surface area contributed by atoms with Crippen molar-refractivity contribution in [2.24, 2.45) is 11.8 Å². The molecule has 112 valence electrons. The van der Waals surface area contributed by atoms with Crippen LogP contribution in [-0.4, -0.2) is 19.6 Å². The lowest BCUT2D eigenvalue weighted by atomic mass is 9.90. The van der Waals surface area contributed by atoms with Crippen LogP contribution in [0.4, 0.5) is 10.1 Å². The van der Waals surface area contributed by atoms with Gasteiger partial charge in [-0.25, -0.2) is 4.39 Å². The summed E-state index contributed by atoms with van der Waals surface area (Å²) in [5, 5.41) is 3.40. The van der Waals surface area contributed by atoms with Crippen LogP contribution in [0.1, 0.15) is 45.7 Å². The number of piperidine rings is 1. The van der Waals surface area contributed by atoms with E-state index >= 15 is 0 Å². The molecule has 3 unspecified atom stereocenters. The summed E-state index contributed by atoms with van der Waals surface area (Å²) < 4.78 is 14.4. The lowest BCUT2D eigenvalue weighted by Gasteiger charge is -2.38. The van der Waals surface area contributed by atoms with Crippen molar-refractivity contribution >= 4 is 5.69 Å². The van der Waals surface area contributed by atoms with E-state index in [1.165, 1.54) is 6.42 Å². The molecule has 1 heterocycles. The molecule has 0 saturated carbocycles. The van der Waals surface area contributed by atoms with Gasteiger partial charge in [-0.3, -0.25) is 0 Å². The summed E-state index contributed by atoms with van der Waals surface area (Å²) in [6, 6.07) is 5.63. The average Bonchev–Trinajstić information content (AvgIpc) is 2.37. The van der Waals surface area contributed by atoms with Gasteiger partial charge in [-0.1, -0.05) is 32.9 Å². The van der Waals surface area contributed by atoms with Gasteiger partial charge in [0.1, 0.15) is 5.82 Å². The van der Waals surface area contributed by atoms with Crippen LogP contribution in [0.15, 0.2) is 18.2 Å². The monoisotopic (exact) mass is 278 g/mol. The van der Waals surface area contributed by atoms with Gasteiger partial charge in [-0.05, 0) is 43.4 Å². The topological polar surface area (TPSA) is 15.3 Å². The molecule has 2 nitrogen and oxygen atoms in total. The molecule has 3 heteroatoms.